The number of halogens is 6. The maximum absolute atomic E-state index is 15.3. The normalized spacial score (nSPS) is 32.9. The second-order valence-corrected chi connectivity index (χ2v) is 21.8. The van der Waals surface area contributed by atoms with Crippen molar-refractivity contribution in [3.05, 3.63) is 80.2 Å². The molecule has 332 valence electrons. The van der Waals surface area contributed by atoms with Crippen LogP contribution < -0.4 is 0 Å². The van der Waals surface area contributed by atoms with Crippen LogP contribution >= 0.6 is 0 Å². The number of fused-ring (bicyclic) bond motifs is 6. The van der Waals surface area contributed by atoms with Crippen molar-refractivity contribution in [2.75, 3.05) is 11.5 Å². The van der Waals surface area contributed by atoms with Crippen molar-refractivity contribution in [3.8, 4) is 0 Å². The van der Waals surface area contributed by atoms with Gasteiger partial charge in [0.1, 0.15) is 24.7 Å². The SMILES string of the molecule is CC1(C)C2CCC1(CS(=O)(=O)O[N+]1([O-])Cc3ccc(C(c4ccc5c(c4)C(=O)[N+]([O-])(OS(=O)(=O)CC46CCC(CC4=O)C6(C)C)C5)(C(F)(F)F)C(F)(F)F)cc3C1=O)C(=O)C2. The number of ketones is 2. The molecule has 2 aromatic carbocycles. The largest absolute Gasteiger partial charge is 0.589 e. The molecule has 4 bridgehead atoms. The van der Waals surface area contributed by atoms with E-state index in [0.717, 1.165) is 0 Å². The quantitative estimate of drug-likeness (QED) is 0.146. The first-order valence-electron chi connectivity index (χ1n) is 19.4. The molecule has 61 heavy (non-hydrogen) atoms. The van der Waals surface area contributed by atoms with Gasteiger partial charge >= 0.3 is 44.4 Å². The zero-order chi connectivity index (χ0) is 45.2. The summed E-state index contributed by atoms with van der Waals surface area (Å²) in [5, 5.41) is 27.5. The number of alkyl halides is 6. The van der Waals surface area contributed by atoms with Crippen LogP contribution in [0.4, 0.5) is 26.3 Å². The molecule has 0 radical (unpaired) electrons. The molecule has 6 unspecified atom stereocenters. The summed E-state index contributed by atoms with van der Waals surface area (Å²) in [6, 6.07) is 2.12. The van der Waals surface area contributed by atoms with Gasteiger partial charge in [0, 0.05) is 24.0 Å². The minimum absolute atomic E-state index is 0.0842. The summed E-state index contributed by atoms with van der Waals surface area (Å²) < 4.78 is 155. The van der Waals surface area contributed by atoms with Gasteiger partial charge in [-0.2, -0.15) is 43.2 Å². The van der Waals surface area contributed by atoms with Crippen molar-refractivity contribution >= 4 is 43.6 Å². The van der Waals surface area contributed by atoms with E-state index in [1.165, 1.54) is 0 Å². The highest BCUT2D eigenvalue weighted by Gasteiger charge is 2.73. The van der Waals surface area contributed by atoms with E-state index >= 15 is 26.3 Å². The molecule has 0 aromatic heterocycles. The molecule has 14 nitrogen and oxygen atoms in total. The summed E-state index contributed by atoms with van der Waals surface area (Å²) in [4.78, 5) is 47.7. The van der Waals surface area contributed by atoms with Gasteiger partial charge in [0.25, 0.3) is 0 Å². The number of hydrogen-bond donors (Lipinski definition) is 0. The Balaban J connectivity index is 1.11. The van der Waals surface area contributed by atoms with Crippen molar-refractivity contribution in [3.63, 3.8) is 0 Å². The molecule has 8 rings (SSSR count). The van der Waals surface area contributed by atoms with Gasteiger partial charge in [-0.1, -0.05) is 60.5 Å². The number of hydrogen-bond acceptors (Lipinski definition) is 12. The van der Waals surface area contributed by atoms with Gasteiger partial charge in [0.05, 0.1) is 33.5 Å². The zero-order valence-corrected chi connectivity index (χ0v) is 34.7. The van der Waals surface area contributed by atoms with Crippen LogP contribution in [-0.2, 0) is 56.9 Å². The number of amides is 2. The summed E-state index contributed by atoms with van der Waals surface area (Å²) in [7, 11) is -10.1. The molecule has 0 spiro atoms. The number of rotatable bonds is 10. The van der Waals surface area contributed by atoms with Crippen LogP contribution in [0.25, 0.3) is 0 Å². The lowest BCUT2D eigenvalue weighted by molar-refractivity contribution is -0.979. The number of Topliss-reactive ketones (excluding diaryl/α,β-unsaturated/α-hetero) is 2. The molecule has 22 heteroatoms. The molecule has 4 saturated carbocycles. The third-order valence-electron chi connectivity index (χ3n) is 15.4. The fourth-order valence-corrected chi connectivity index (χ4v) is 15.2. The van der Waals surface area contributed by atoms with E-state index in [0.29, 0.717) is 37.1 Å². The maximum Gasteiger partial charge on any atom is 0.411 e. The molecule has 2 aromatic rings. The number of quaternary nitrogens is 2. The third kappa shape index (κ3) is 5.88. The van der Waals surface area contributed by atoms with Gasteiger partial charge in [0.15, 0.2) is 0 Å². The molecule has 0 N–H and O–H groups in total. The zero-order valence-electron chi connectivity index (χ0n) is 33.1. The minimum Gasteiger partial charge on any atom is -0.589 e. The van der Waals surface area contributed by atoms with Gasteiger partial charge in [-0.25, -0.2) is 9.59 Å². The Morgan fingerprint density at radius 1 is 0.639 bits per heavy atom. The number of benzene rings is 2. The Kier molecular flexibility index (Phi) is 9.20. The second-order valence-electron chi connectivity index (χ2n) is 18.6. The van der Waals surface area contributed by atoms with E-state index < -0.39 is 139 Å². The van der Waals surface area contributed by atoms with E-state index in [1.54, 1.807) is 27.7 Å². The van der Waals surface area contributed by atoms with Gasteiger partial charge in [-0.05, 0) is 71.6 Å². The van der Waals surface area contributed by atoms with Gasteiger partial charge < -0.3 is 10.4 Å². The first-order chi connectivity index (χ1) is 27.7. The summed E-state index contributed by atoms with van der Waals surface area (Å²) in [6.45, 7) is 4.42. The van der Waals surface area contributed by atoms with Crippen LogP contribution in [0.1, 0.15) is 109 Å². The Morgan fingerprint density at radius 3 is 1.26 bits per heavy atom. The standard InChI is InChI=1S/C39H40F6N2O12S2/c1-33(2)23-9-11-35(33,29(48)15-23)19-60(54,55)58-46(52)17-21-5-7-25(13-27(21)31(46)50)37(38(40,41)42,39(43,44)45)26-8-6-22-18-47(53,32(51)28(22)14-26)59-61(56,57)20-36-12-10-24(16-30(36)49)34(36,3)4/h5-8,13-14,23-24H,9-12,15-20H2,1-4H3. The Labute approximate surface area is 345 Å². The van der Waals surface area contributed by atoms with Crippen LogP contribution in [0.3, 0.4) is 0 Å². The van der Waals surface area contributed by atoms with E-state index in [2.05, 4.69) is 0 Å². The van der Waals surface area contributed by atoms with Gasteiger partial charge in [-0.15, -0.1) is 9.62 Å². The lowest BCUT2D eigenvalue weighted by Gasteiger charge is -2.38. The first kappa shape index (κ1) is 44.0. The number of hydroxylamine groups is 8. The molecule has 6 aliphatic rings. The fourth-order valence-electron chi connectivity index (χ4n) is 11.6. The topological polar surface area (TPSA) is 201 Å². The average Bonchev–Trinajstić information content (AvgIpc) is 3.78. The molecule has 4 aliphatic carbocycles. The summed E-state index contributed by atoms with van der Waals surface area (Å²) in [5.74, 6) is -6.72. The molecule has 0 saturated heterocycles. The molecule has 2 aliphatic heterocycles. The third-order valence-corrected chi connectivity index (χ3v) is 18.0. The van der Waals surface area contributed by atoms with Crippen LogP contribution in [0, 0.1) is 43.9 Å². The van der Waals surface area contributed by atoms with E-state index in [1.807, 2.05) is 0 Å². The minimum atomic E-state index is -6.33. The highest BCUT2D eigenvalue weighted by atomic mass is 32.2. The van der Waals surface area contributed by atoms with E-state index in [9.17, 15) is 46.4 Å². The maximum atomic E-state index is 15.3. The Morgan fingerprint density at radius 2 is 0.984 bits per heavy atom. The predicted octanol–water partition coefficient (Wildman–Crippen LogP) is 6.35. The monoisotopic (exact) mass is 906 g/mol. The van der Waals surface area contributed by atoms with Crippen molar-refractivity contribution in [1.82, 2.24) is 0 Å². The summed E-state index contributed by atoms with van der Waals surface area (Å²) >= 11 is 0. The Hall–Kier alpha value is -3.64. The van der Waals surface area contributed by atoms with Gasteiger partial charge in [-0.3, -0.25) is 9.59 Å². The Bertz CT molecular complexity index is 2400. The van der Waals surface area contributed by atoms with Crippen LogP contribution in [0.15, 0.2) is 36.4 Å². The van der Waals surface area contributed by atoms with E-state index in [4.69, 9.17) is 8.57 Å². The fraction of sp³-hybridized carbons (Fsp3) is 0.590. The van der Waals surface area contributed by atoms with Gasteiger partial charge in [0.2, 0.25) is 5.41 Å². The van der Waals surface area contributed by atoms with E-state index in [-0.39, 0.29) is 61.2 Å². The van der Waals surface area contributed by atoms with Crippen molar-refractivity contribution in [1.29, 1.82) is 0 Å². The number of carbonyl (C=O) groups excluding carboxylic acids is 4. The van der Waals surface area contributed by atoms with Crippen molar-refractivity contribution < 1.29 is 80.5 Å². The molecular formula is C39H40F6N2O12S2. The summed E-state index contributed by atoms with van der Waals surface area (Å²) in [5.41, 5.74) is -16.0. The van der Waals surface area contributed by atoms with Crippen LogP contribution in [0.2, 0.25) is 0 Å². The average molecular weight is 907 g/mol. The highest BCUT2D eigenvalue weighted by molar-refractivity contribution is 7.86. The second kappa shape index (κ2) is 12.8. The molecule has 2 amide bonds. The number of carbonyl (C=O) groups is 4. The smallest absolute Gasteiger partial charge is 0.411 e. The lowest BCUT2D eigenvalue weighted by Crippen LogP contribution is -2.55. The van der Waals surface area contributed by atoms with Crippen LogP contribution in [-0.4, -0.2) is 73.7 Å². The molecule has 6 atom stereocenters. The summed E-state index contributed by atoms with van der Waals surface area (Å²) in [6.07, 6.45) is -11.2. The van der Waals surface area contributed by atoms with Crippen molar-refractivity contribution in [2.24, 2.45) is 33.5 Å². The highest BCUT2D eigenvalue weighted by Crippen LogP contribution is 2.66. The molecular weight excluding hydrogens is 867 g/mol. The lowest BCUT2D eigenvalue weighted by atomic mass is 9.70. The van der Waals surface area contributed by atoms with Crippen molar-refractivity contribution in [2.45, 2.75) is 97.1 Å². The molecule has 4 fully saturated rings. The first-order valence-corrected chi connectivity index (χ1v) is 22.5. The molecule has 2 heterocycles. The van der Waals surface area contributed by atoms with Crippen LogP contribution in [0.5, 0.6) is 0 Å². The number of nitrogens with zero attached hydrogens (tertiary/aromatic N) is 2. The predicted molar refractivity (Wildman–Crippen MR) is 196 cm³/mol.